The van der Waals surface area contributed by atoms with Crippen LogP contribution in [-0.2, 0) is 13.0 Å². The van der Waals surface area contributed by atoms with Crippen molar-refractivity contribution >= 4 is 29.9 Å². The van der Waals surface area contributed by atoms with Crippen molar-refractivity contribution in [2.75, 3.05) is 33.2 Å². The lowest BCUT2D eigenvalue weighted by atomic mass is 10.2. The topological polar surface area (TPSA) is 70.4 Å². The minimum atomic E-state index is 0. The number of hydrogen-bond acceptors (Lipinski definition) is 4. The maximum Gasteiger partial charge on any atom is 0.191 e. The summed E-state index contributed by atoms with van der Waals surface area (Å²) in [4.78, 5) is 6.99. The van der Waals surface area contributed by atoms with Crippen LogP contribution in [0.1, 0.15) is 39.9 Å². The molecule has 0 bridgehead atoms. The van der Waals surface area contributed by atoms with Gasteiger partial charge in [-0.3, -0.25) is 4.99 Å². The third kappa shape index (κ3) is 8.27. The molecule has 1 rings (SSSR count). The summed E-state index contributed by atoms with van der Waals surface area (Å²) >= 11 is 0. The summed E-state index contributed by atoms with van der Waals surface area (Å²) in [5.74, 6) is 1.89. The van der Waals surface area contributed by atoms with Gasteiger partial charge in [0.05, 0.1) is 6.54 Å². The molecule has 1 aromatic rings. The van der Waals surface area contributed by atoms with Crippen molar-refractivity contribution < 1.29 is 0 Å². The highest BCUT2D eigenvalue weighted by molar-refractivity contribution is 14.0. The Labute approximate surface area is 163 Å². The van der Waals surface area contributed by atoms with Crippen LogP contribution >= 0.6 is 24.0 Å². The van der Waals surface area contributed by atoms with Crippen molar-refractivity contribution in [1.29, 1.82) is 0 Å². The zero-order chi connectivity index (χ0) is 17.1. The minimum Gasteiger partial charge on any atom is -0.357 e. The summed E-state index contributed by atoms with van der Waals surface area (Å²) in [5.41, 5.74) is 0. The molecule has 0 radical (unpaired) electrons. The fraction of sp³-hybridized carbons (Fsp3) is 0.812. The average molecular weight is 451 g/mol. The molecular formula is C16H34IN7. The summed E-state index contributed by atoms with van der Waals surface area (Å²) in [6.07, 6.45) is 3.85. The number of hydrogen-bond donors (Lipinski definition) is 2. The van der Waals surface area contributed by atoms with Crippen LogP contribution in [0, 0.1) is 0 Å². The first-order valence-electron chi connectivity index (χ1n) is 8.71. The Kier molecular flexibility index (Phi) is 12.9. The number of nitrogens with one attached hydrogen (secondary N) is 2. The molecule has 2 N–H and O–H groups in total. The van der Waals surface area contributed by atoms with Crippen molar-refractivity contribution in [3.8, 4) is 0 Å². The van der Waals surface area contributed by atoms with Crippen LogP contribution in [0.2, 0.25) is 0 Å². The lowest BCUT2D eigenvalue weighted by molar-refractivity contribution is 0.259. The van der Waals surface area contributed by atoms with Crippen molar-refractivity contribution in [3.05, 3.63) is 12.2 Å². The Morgan fingerprint density at radius 2 is 2.08 bits per heavy atom. The molecule has 0 fully saturated rings. The maximum atomic E-state index is 4.64. The zero-order valence-electron chi connectivity index (χ0n) is 15.7. The number of aryl methyl sites for hydroxylation is 1. The van der Waals surface area contributed by atoms with E-state index in [1.807, 2.05) is 0 Å². The van der Waals surface area contributed by atoms with Crippen LogP contribution in [0.4, 0.5) is 0 Å². The number of guanidine groups is 1. The highest BCUT2D eigenvalue weighted by atomic mass is 127. The third-order valence-electron chi connectivity index (χ3n) is 4.07. The van der Waals surface area contributed by atoms with Crippen LogP contribution < -0.4 is 10.6 Å². The Morgan fingerprint density at radius 1 is 1.33 bits per heavy atom. The second-order valence-electron chi connectivity index (χ2n) is 5.72. The SMILES string of the molecule is CCNC(=NCCN(C)C(C)CC)NCCn1cnnc1CC.I. The molecule has 0 aliphatic carbocycles. The van der Waals surface area contributed by atoms with E-state index in [1.54, 1.807) is 6.33 Å². The first kappa shape index (κ1) is 23.1. The Morgan fingerprint density at radius 3 is 2.71 bits per heavy atom. The number of nitrogens with zero attached hydrogens (tertiary/aromatic N) is 5. The van der Waals surface area contributed by atoms with Gasteiger partial charge in [-0.05, 0) is 27.3 Å². The Hall–Kier alpha value is -0.900. The van der Waals surface area contributed by atoms with E-state index < -0.39 is 0 Å². The van der Waals surface area contributed by atoms with Crippen LogP contribution in [0.25, 0.3) is 0 Å². The molecule has 1 aromatic heterocycles. The highest BCUT2D eigenvalue weighted by Gasteiger charge is 2.06. The fourth-order valence-corrected chi connectivity index (χ4v) is 2.23. The van der Waals surface area contributed by atoms with Crippen molar-refractivity contribution in [2.24, 2.45) is 4.99 Å². The molecule has 0 saturated heterocycles. The molecule has 0 saturated carbocycles. The molecule has 1 atom stereocenters. The molecule has 0 aliphatic rings. The standard InChI is InChI=1S/C16H33N7.HI/c1-6-14(4)22(5)11-9-18-16(17-8-3)19-10-12-23-13-20-21-15(23)7-2;/h13-14H,6-12H2,1-5H3,(H2,17,18,19);1H. The van der Waals surface area contributed by atoms with Gasteiger partial charge in [0.15, 0.2) is 5.96 Å². The van der Waals surface area contributed by atoms with Gasteiger partial charge in [0.2, 0.25) is 0 Å². The monoisotopic (exact) mass is 451 g/mol. The molecule has 24 heavy (non-hydrogen) atoms. The molecule has 140 valence electrons. The summed E-state index contributed by atoms with van der Waals surface area (Å²) in [6.45, 7) is 12.9. The largest absolute Gasteiger partial charge is 0.357 e. The van der Waals surface area contributed by atoms with Crippen LogP contribution in [0.3, 0.4) is 0 Å². The second-order valence-corrected chi connectivity index (χ2v) is 5.72. The first-order chi connectivity index (χ1) is 11.1. The number of likely N-dealkylation sites (N-methyl/N-ethyl adjacent to an activating group) is 1. The van der Waals surface area contributed by atoms with E-state index in [9.17, 15) is 0 Å². The number of aromatic nitrogens is 3. The summed E-state index contributed by atoms with van der Waals surface area (Å²) in [6, 6.07) is 0.599. The molecule has 8 heteroatoms. The van der Waals surface area contributed by atoms with Gasteiger partial charge in [0, 0.05) is 38.6 Å². The molecule has 1 unspecified atom stereocenters. The van der Waals surface area contributed by atoms with Gasteiger partial charge in [0.1, 0.15) is 12.2 Å². The number of rotatable bonds is 10. The Bertz CT molecular complexity index is 461. The molecule has 0 amide bonds. The van der Waals surface area contributed by atoms with Gasteiger partial charge >= 0.3 is 0 Å². The van der Waals surface area contributed by atoms with Gasteiger partial charge in [-0.2, -0.15) is 0 Å². The summed E-state index contributed by atoms with van der Waals surface area (Å²) in [7, 11) is 2.16. The van der Waals surface area contributed by atoms with Gasteiger partial charge in [-0.1, -0.05) is 13.8 Å². The molecule has 0 spiro atoms. The van der Waals surface area contributed by atoms with Crippen molar-refractivity contribution in [3.63, 3.8) is 0 Å². The first-order valence-corrected chi connectivity index (χ1v) is 8.71. The molecular weight excluding hydrogens is 417 g/mol. The fourth-order valence-electron chi connectivity index (χ4n) is 2.23. The van der Waals surface area contributed by atoms with Crippen molar-refractivity contribution in [2.45, 2.75) is 53.1 Å². The smallest absolute Gasteiger partial charge is 0.191 e. The highest BCUT2D eigenvalue weighted by Crippen LogP contribution is 1.99. The van der Waals surface area contributed by atoms with Gasteiger partial charge < -0.3 is 20.1 Å². The molecule has 0 aromatic carbocycles. The van der Waals surface area contributed by atoms with Gasteiger partial charge in [0.25, 0.3) is 0 Å². The van der Waals surface area contributed by atoms with E-state index >= 15 is 0 Å². The molecule has 7 nitrogen and oxygen atoms in total. The van der Waals surface area contributed by atoms with E-state index in [2.05, 4.69) is 70.0 Å². The number of halogens is 1. The predicted molar refractivity (Wildman–Crippen MR) is 111 cm³/mol. The van der Waals surface area contributed by atoms with Gasteiger partial charge in [-0.15, -0.1) is 34.2 Å². The lowest BCUT2D eigenvalue weighted by Crippen LogP contribution is -2.39. The van der Waals surface area contributed by atoms with E-state index in [1.165, 1.54) is 0 Å². The van der Waals surface area contributed by atoms with Crippen LogP contribution in [0.15, 0.2) is 11.3 Å². The molecule has 1 heterocycles. The second kappa shape index (κ2) is 13.4. The van der Waals surface area contributed by atoms with E-state index in [4.69, 9.17) is 0 Å². The summed E-state index contributed by atoms with van der Waals surface area (Å²) < 4.78 is 2.08. The van der Waals surface area contributed by atoms with Crippen LogP contribution in [-0.4, -0.2) is 64.9 Å². The summed E-state index contributed by atoms with van der Waals surface area (Å²) in [5, 5.41) is 14.7. The number of aliphatic imine (C=N–C) groups is 1. The average Bonchev–Trinajstić information content (AvgIpc) is 3.01. The van der Waals surface area contributed by atoms with E-state index in [0.717, 1.165) is 57.3 Å². The quantitative estimate of drug-likeness (QED) is 0.322. The van der Waals surface area contributed by atoms with E-state index in [-0.39, 0.29) is 24.0 Å². The zero-order valence-corrected chi connectivity index (χ0v) is 18.1. The minimum absolute atomic E-state index is 0. The lowest BCUT2D eigenvalue weighted by Gasteiger charge is -2.22. The van der Waals surface area contributed by atoms with Crippen LogP contribution in [0.5, 0.6) is 0 Å². The molecule has 0 aliphatic heterocycles. The maximum absolute atomic E-state index is 4.64. The van der Waals surface area contributed by atoms with E-state index in [0.29, 0.717) is 6.04 Å². The predicted octanol–water partition coefficient (Wildman–Crippen LogP) is 1.74. The third-order valence-corrected chi connectivity index (χ3v) is 4.07. The Balaban J connectivity index is 0.00000529. The van der Waals surface area contributed by atoms with Crippen molar-refractivity contribution in [1.82, 2.24) is 30.3 Å². The van der Waals surface area contributed by atoms with Gasteiger partial charge in [-0.25, -0.2) is 0 Å². The normalized spacial score (nSPS) is 12.8.